The molecule has 39 heavy (non-hydrogen) atoms. The van der Waals surface area contributed by atoms with Crippen molar-refractivity contribution < 1.29 is 0 Å². The SMILES string of the molecule is c1cnc(-c2nc3cc(-c4ccc(-c5ccc6ccc7cccnc7c6n5)c5ccccc45)ccc3s2)nc1. The number of rotatable bonds is 3. The molecule has 0 atom stereocenters. The minimum absolute atomic E-state index is 0.654. The zero-order valence-electron chi connectivity index (χ0n) is 20.6. The molecule has 4 aromatic carbocycles. The van der Waals surface area contributed by atoms with Crippen molar-refractivity contribution in [1.82, 2.24) is 24.9 Å². The summed E-state index contributed by atoms with van der Waals surface area (Å²) in [4.78, 5) is 23.3. The second-order valence-corrected chi connectivity index (χ2v) is 10.4. The van der Waals surface area contributed by atoms with Crippen molar-refractivity contribution in [3.05, 3.63) is 116 Å². The maximum absolute atomic E-state index is 5.12. The number of hydrogen-bond acceptors (Lipinski definition) is 6. The Balaban J connectivity index is 1.28. The van der Waals surface area contributed by atoms with Crippen molar-refractivity contribution in [3.8, 4) is 33.2 Å². The molecule has 0 radical (unpaired) electrons. The van der Waals surface area contributed by atoms with E-state index in [0.29, 0.717) is 5.82 Å². The number of benzene rings is 4. The minimum Gasteiger partial charge on any atom is -0.254 e. The van der Waals surface area contributed by atoms with E-state index in [1.54, 1.807) is 23.7 Å². The van der Waals surface area contributed by atoms with E-state index in [9.17, 15) is 0 Å². The molecule has 0 saturated heterocycles. The number of thiazole rings is 1. The molecule has 0 aliphatic rings. The van der Waals surface area contributed by atoms with Crippen LogP contribution < -0.4 is 0 Å². The lowest BCUT2D eigenvalue weighted by molar-refractivity contribution is 1.17. The number of hydrogen-bond donors (Lipinski definition) is 0. The Labute approximate surface area is 227 Å². The van der Waals surface area contributed by atoms with Crippen molar-refractivity contribution in [2.24, 2.45) is 0 Å². The van der Waals surface area contributed by atoms with Crippen LogP contribution in [0.1, 0.15) is 0 Å². The van der Waals surface area contributed by atoms with E-state index >= 15 is 0 Å². The zero-order chi connectivity index (χ0) is 25.8. The minimum atomic E-state index is 0.654. The molecule has 0 unspecified atom stereocenters. The van der Waals surface area contributed by atoms with Gasteiger partial charge in [-0.25, -0.2) is 19.9 Å². The topological polar surface area (TPSA) is 64.5 Å². The van der Waals surface area contributed by atoms with Crippen molar-refractivity contribution in [2.45, 2.75) is 0 Å². The highest BCUT2D eigenvalue weighted by Crippen LogP contribution is 2.38. The molecule has 4 aromatic heterocycles. The van der Waals surface area contributed by atoms with Crippen LogP contribution >= 0.6 is 11.3 Å². The molecule has 0 saturated carbocycles. The van der Waals surface area contributed by atoms with Gasteiger partial charge in [0.15, 0.2) is 10.8 Å². The van der Waals surface area contributed by atoms with Gasteiger partial charge in [0, 0.05) is 34.9 Å². The van der Waals surface area contributed by atoms with E-state index in [0.717, 1.165) is 64.8 Å². The van der Waals surface area contributed by atoms with Gasteiger partial charge in [0.1, 0.15) is 0 Å². The fourth-order valence-electron chi connectivity index (χ4n) is 5.25. The number of nitrogens with zero attached hydrogens (tertiary/aromatic N) is 5. The van der Waals surface area contributed by atoms with Gasteiger partial charge in [0.2, 0.25) is 0 Å². The van der Waals surface area contributed by atoms with Gasteiger partial charge in [-0.3, -0.25) is 4.98 Å². The first-order chi connectivity index (χ1) is 19.3. The summed E-state index contributed by atoms with van der Waals surface area (Å²) in [5.41, 5.74) is 7.12. The molecule has 0 bridgehead atoms. The molecule has 8 rings (SSSR count). The first kappa shape index (κ1) is 22.0. The average Bonchev–Trinajstić information content (AvgIpc) is 3.44. The molecule has 5 nitrogen and oxygen atoms in total. The highest BCUT2D eigenvalue weighted by molar-refractivity contribution is 7.21. The summed E-state index contributed by atoms with van der Waals surface area (Å²) in [6.45, 7) is 0. The first-order valence-electron chi connectivity index (χ1n) is 12.7. The smallest absolute Gasteiger partial charge is 0.188 e. The summed E-state index contributed by atoms with van der Waals surface area (Å²) >= 11 is 1.61. The summed E-state index contributed by atoms with van der Waals surface area (Å²) < 4.78 is 1.11. The summed E-state index contributed by atoms with van der Waals surface area (Å²) in [6.07, 6.45) is 5.32. The third-order valence-electron chi connectivity index (χ3n) is 7.09. The lowest BCUT2D eigenvalue weighted by Crippen LogP contribution is -1.91. The van der Waals surface area contributed by atoms with Gasteiger partial charge in [0.05, 0.1) is 26.9 Å². The maximum Gasteiger partial charge on any atom is 0.188 e. The van der Waals surface area contributed by atoms with Crippen LogP contribution in [-0.2, 0) is 0 Å². The van der Waals surface area contributed by atoms with Gasteiger partial charge in [-0.1, -0.05) is 66.7 Å². The normalized spacial score (nSPS) is 11.6. The van der Waals surface area contributed by atoms with E-state index < -0.39 is 0 Å². The fraction of sp³-hybridized carbons (Fsp3) is 0. The molecule has 8 aromatic rings. The lowest BCUT2D eigenvalue weighted by Gasteiger charge is -2.12. The number of fused-ring (bicyclic) bond motifs is 5. The predicted molar refractivity (Wildman–Crippen MR) is 160 cm³/mol. The molecule has 182 valence electrons. The fourth-order valence-corrected chi connectivity index (χ4v) is 6.14. The van der Waals surface area contributed by atoms with Crippen molar-refractivity contribution >= 4 is 54.1 Å². The summed E-state index contributed by atoms with van der Waals surface area (Å²) in [7, 11) is 0. The van der Waals surface area contributed by atoms with Crippen LogP contribution in [0.2, 0.25) is 0 Å². The van der Waals surface area contributed by atoms with Crippen LogP contribution in [0.3, 0.4) is 0 Å². The quantitative estimate of drug-likeness (QED) is 0.220. The third kappa shape index (κ3) is 3.65. The van der Waals surface area contributed by atoms with E-state index in [1.165, 1.54) is 5.39 Å². The van der Waals surface area contributed by atoms with Crippen molar-refractivity contribution in [1.29, 1.82) is 0 Å². The van der Waals surface area contributed by atoms with Gasteiger partial charge in [-0.2, -0.15) is 0 Å². The Kier molecular flexibility index (Phi) is 4.93. The van der Waals surface area contributed by atoms with E-state index in [2.05, 4.69) is 99.9 Å². The van der Waals surface area contributed by atoms with Crippen molar-refractivity contribution in [3.63, 3.8) is 0 Å². The molecule has 0 fully saturated rings. The second kappa shape index (κ2) is 8.75. The second-order valence-electron chi connectivity index (χ2n) is 9.39. The zero-order valence-corrected chi connectivity index (χ0v) is 21.4. The Morgan fingerprint density at radius 2 is 1.28 bits per heavy atom. The molecule has 0 aliphatic carbocycles. The molecule has 0 N–H and O–H groups in total. The molecule has 4 heterocycles. The standard InChI is InChI=1S/C33H19N5S/c1-2-7-25-24(6-1)23(22-11-15-29-28(19-22)38-33(39-29)32-35-17-4-18-36-32)12-13-26(25)27-14-10-21-9-8-20-5-3-16-34-30(20)31(21)37-27/h1-19H. The predicted octanol–water partition coefficient (Wildman–Crippen LogP) is 8.34. The monoisotopic (exact) mass is 517 g/mol. The summed E-state index contributed by atoms with van der Waals surface area (Å²) in [5.74, 6) is 0.654. The third-order valence-corrected chi connectivity index (χ3v) is 8.12. The van der Waals surface area contributed by atoms with Crippen LogP contribution in [0.25, 0.3) is 76.0 Å². The lowest BCUT2D eigenvalue weighted by atomic mass is 9.93. The van der Waals surface area contributed by atoms with Gasteiger partial charge >= 0.3 is 0 Å². The Bertz CT molecular complexity index is 2190. The highest BCUT2D eigenvalue weighted by atomic mass is 32.1. The Hall–Kier alpha value is -5.07. The molecule has 6 heteroatoms. The molecule has 0 aliphatic heterocycles. The summed E-state index contributed by atoms with van der Waals surface area (Å²) in [5, 5.41) is 5.34. The van der Waals surface area contributed by atoms with Gasteiger partial charge < -0.3 is 0 Å². The van der Waals surface area contributed by atoms with E-state index in [-0.39, 0.29) is 0 Å². The van der Waals surface area contributed by atoms with Crippen LogP contribution in [0.5, 0.6) is 0 Å². The van der Waals surface area contributed by atoms with Crippen molar-refractivity contribution in [2.75, 3.05) is 0 Å². The molecule has 0 spiro atoms. The molecular formula is C33H19N5S. The largest absolute Gasteiger partial charge is 0.254 e. The molecule has 0 amide bonds. The van der Waals surface area contributed by atoms with Gasteiger partial charge in [0.25, 0.3) is 0 Å². The Morgan fingerprint density at radius 1 is 0.538 bits per heavy atom. The van der Waals surface area contributed by atoms with Crippen LogP contribution in [-0.4, -0.2) is 24.9 Å². The highest BCUT2D eigenvalue weighted by Gasteiger charge is 2.14. The van der Waals surface area contributed by atoms with E-state index in [4.69, 9.17) is 9.97 Å². The van der Waals surface area contributed by atoms with Crippen LogP contribution in [0.15, 0.2) is 116 Å². The number of aromatic nitrogens is 5. The number of pyridine rings is 2. The average molecular weight is 518 g/mol. The first-order valence-corrected chi connectivity index (χ1v) is 13.5. The van der Waals surface area contributed by atoms with Crippen LogP contribution in [0.4, 0.5) is 0 Å². The van der Waals surface area contributed by atoms with Gasteiger partial charge in [-0.15, -0.1) is 11.3 Å². The van der Waals surface area contributed by atoms with Gasteiger partial charge in [-0.05, 0) is 52.2 Å². The molecular weight excluding hydrogens is 498 g/mol. The maximum atomic E-state index is 5.12. The Morgan fingerprint density at radius 3 is 2.15 bits per heavy atom. The van der Waals surface area contributed by atoms with Crippen LogP contribution in [0, 0.1) is 0 Å². The summed E-state index contributed by atoms with van der Waals surface area (Å²) in [6, 6.07) is 33.7. The van der Waals surface area contributed by atoms with E-state index in [1.807, 2.05) is 18.3 Å².